The van der Waals surface area contributed by atoms with Crippen LogP contribution in [-0.4, -0.2) is 30.0 Å². The number of aromatic nitrogens is 1. The molecule has 32 heavy (non-hydrogen) atoms. The molecule has 0 aliphatic carbocycles. The average molecular weight is 475 g/mol. The summed E-state index contributed by atoms with van der Waals surface area (Å²) in [5.41, 5.74) is 8.47. The summed E-state index contributed by atoms with van der Waals surface area (Å²) in [6.07, 6.45) is 0.946. The summed E-state index contributed by atoms with van der Waals surface area (Å²) in [4.78, 5) is 16.5. The molecular formula is C23H21Cl2FN4O2. The van der Waals surface area contributed by atoms with Gasteiger partial charge in [-0.05, 0) is 42.8 Å². The molecule has 1 unspecified atom stereocenters. The van der Waals surface area contributed by atoms with Crippen molar-refractivity contribution in [2.75, 3.05) is 18.8 Å². The largest absolute Gasteiger partial charge is 0.482 e. The fraction of sp³-hybridized carbons (Fsp3) is 0.217. The fourth-order valence-electron chi connectivity index (χ4n) is 3.35. The van der Waals surface area contributed by atoms with E-state index in [2.05, 4.69) is 15.6 Å². The molecule has 1 atom stereocenters. The van der Waals surface area contributed by atoms with Crippen molar-refractivity contribution in [3.8, 4) is 16.9 Å². The van der Waals surface area contributed by atoms with Gasteiger partial charge < -0.3 is 21.1 Å². The van der Waals surface area contributed by atoms with Crippen LogP contribution in [0.2, 0.25) is 10.0 Å². The van der Waals surface area contributed by atoms with Crippen molar-refractivity contribution in [3.05, 3.63) is 75.7 Å². The van der Waals surface area contributed by atoms with Crippen LogP contribution in [0.4, 0.5) is 10.2 Å². The van der Waals surface area contributed by atoms with Gasteiger partial charge in [0.1, 0.15) is 11.9 Å². The Hall–Kier alpha value is -2.87. The number of ether oxygens (including phenoxy) is 1. The Morgan fingerprint density at radius 3 is 2.59 bits per heavy atom. The zero-order valence-corrected chi connectivity index (χ0v) is 18.7. The van der Waals surface area contributed by atoms with E-state index in [-0.39, 0.29) is 27.8 Å². The lowest BCUT2D eigenvalue weighted by Crippen LogP contribution is -2.56. The normalized spacial score (nSPS) is 14.5. The first-order valence-electron chi connectivity index (χ1n) is 10.0. The summed E-state index contributed by atoms with van der Waals surface area (Å²) in [5.74, 6) is -0.209. The van der Waals surface area contributed by atoms with E-state index in [1.165, 1.54) is 12.1 Å². The highest BCUT2D eigenvalue weighted by molar-refractivity contribution is 6.36. The number of rotatable bonds is 6. The van der Waals surface area contributed by atoms with Gasteiger partial charge in [0.2, 0.25) is 0 Å². The average Bonchev–Trinajstić information content (AvgIpc) is 2.75. The number of benzene rings is 2. The molecule has 0 spiro atoms. The molecule has 3 aromatic rings. The minimum atomic E-state index is -0.669. The molecule has 9 heteroatoms. The first-order valence-corrected chi connectivity index (χ1v) is 10.8. The van der Waals surface area contributed by atoms with E-state index in [0.717, 1.165) is 24.2 Å². The van der Waals surface area contributed by atoms with Crippen LogP contribution in [0.15, 0.2) is 48.7 Å². The smallest absolute Gasteiger partial charge is 0.251 e. The Balaban J connectivity index is 1.54. The number of anilines is 1. The number of nitrogens with zero attached hydrogens (tertiary/aromatic N) is 1. The lowest BCUT2D eigenvalue weighted by Gasteiger charge is -2.27. The summed E-state index contributed by atoms with van der Waals surface area (Å²) in [6.45, 7) is 3.27. The fourth-order valence-corrected chi connectivity index (χ4v) is 4.02. The number of hydrogen-bond acceptors (Lipinski definition) is 5. The second-order valence-electron chi connectivity index (χ2n) is 7.53. The third kappa shape index (κ3) is 4.65. The van der Waals surface area contributed by atoms with Crippen molar-refractivity contribution in [1.29, 1.82) is 0 Å². The molecule has 4 N–H and O–H groups in total. The Morgan fingerprint density at radius 2 is 1.94 bits per heavy atom. The van der Waals surface area contributed by atoms with Gasteiger partial charge in [-0.25, -0.2) is 9.37 Å². The molecule has 1 fully saturated rings. The first kappa shape index (κ1) is 22.3. The number of nitrogen functional groups attached to an aromatic ring is 1. The van der Waals surface area contributed by atoms with Gasteiger partial charge >= 0.3 is 0 Å². The summed E-state index contributed by atoms with van der Waals surface area (Å²) < 4.78 is 19.8. The SMILES string of the molecule is CC(Oc1cc(-c2ccc(C(=O)NC3CNC3)cc2)cnc1N)c1c(Cl)ccc(F)c1Cl. The Kier molecular flexibility index (Phi) is 6.50. The van der Waals surface area contributed by atoms with E-state index in [1.54, 1.807) is 31.3 Å². The maximum Gasteiger partial charge on any atom is 0.251 e. The summed E-state index contributed by atoms with van der Waals surface area (Å²) in [7, 11) is 0. The van der Waals surface area contributed by atoms with E-state index in [0.29, 0.717) is 16.9 Å². The van der Waals surface area contributed by atoms with Crippen LogP contribution in [0, 0.1) is 5.82 Å². The molecule has 4 rings (SSSR count). The first-order chi connectivity index (χ1) is 15.3. The number of nitrogens with one attached hydrogen (secondary N) is 2. The monoisotopic (exact) mass is 474 g/mol. The standard InChI is InChI=1S/C23H21Cl2FN4O2/c1-12(20-17(24)6-7-18(26)21(20)25)32-19-8-15(9-29-22(19)27)13-2-4-14(5-3-13)23(31)30-16-10-28-11-16/h2-9,12,16,28H,10-11H2,1H3,(H2,27,29)(H,30,31). The van der Waals surface area contributed by atoms with Crippen LogP contribution in [0.5, 0.6) is 5.75 Å². The van der Waals surface area contributed by atoms with Gasteiger partial charge in [-0.15, -0.1) is 0 Å². The Morgan fingerprint density at radius 1 is 1.22 bits per heavy atom. The quantitative estimate of drug-likeness (QED) is 0.453. The van der Waals surface area contributed by atoms with Crippen molar-refractivity contribution in [2.45, 2.75) is 19.1 Å². The number of carbonyl (C=O) groups is 1. The zero-order valence-electron chi connectivity index (χ0n) is 17.2. The van der Waals surface area contributed by atoms with Gasteiger partial charge in [-0.3, -0.25) is 4.79 Å². The Labute approximate surface area is 194 Å². The van der Waals surface area contributed by atoms with E-state index in [4.69, 9.17) is 33.7 Å². The van der Waals surface area contributed by atoms with Crippen molar-refractivity contribution in [3.63, 3.8) is 0 Å². The second kappa shape index (κ2) is 9.32. The number of amides is 1. The maximum absolute atomic E-state index is 13.9. The summed E-state index contributed by atoms with van der Waals surface area (Å²) >= 11 is 12.3. The van der Waals surface area contributed by atoms with E-state index in [1.807, 2.05) is 12.1 Å². The molecule has 1 saturated heterocycles. The van der Waals surface area contributed by atoms with Crippen molar-refractivity contribution < 1.29 is 13.9 Å². The van der Waals surface area contributed by atoms with Gasteiger partial charge in [0.05, 0.1) is 11.1 Å². The zero-order chi connectivity index (χ0) is 22.8. The lowest BCUT2D eigenvalue weighted by molar-refractivity contribution is 0.0924. The number of halogens is 3. The molecule has 1 aliphatic heterocycles. The van der Waals surface area contributed by atoms with E-state index >= 15 is 0 Å². The van der Waals surface area contributed by atoms with Gasteiger partial charge in [-0.1, -0.05) is 35.3 Å². The van der Waals surface area contributed by atoms with Crippen LogP contribution >= 0.6 is 23.2 Å². The lowest BCUT2D eigenvalue weighted by atomic mass is 10.0. The number of pyridine rings is 1. The van der Waals surface area contributed by atoms with Crippen molar-refractivity contribution >= 4 is 34.9 Å². The summed E-state index contributed by atoms with van der Waals surface area (Å²) in [6, 6.07) is 11.7. The van der Waals surface area contributed by atoms with Crippen LogP contribution in [0.1, 0.15) is 28.9 Å². The minimum absolute atomic E-state index is 0.0979. The number of carbonyl (C=O) groups excluding carboxylic acids is 1. The minimum Gasteiger partial charge on any atom is -0.482 e. The van der Waals surface area contributed by atoms with Gasteiger partial charge in [0.25, 0.3) is 5.91 Å². The third-order valence-corrected chi connectivity index (χ3v) is 5.98. The number of nitrogens with two attached hydrogens (primary N) is 1. The molecule has 166 valence electrons. The topological polar surface area (TPSA) is 89.3 Å². The van der Waals surface area contributed by atoms with Gasteiger partial charge in [0, 0.05) is 41.0 Å². The Bertz CT molecular complexity index is 1150. The van der Waals surface area contributed by atoms with Crippen LogP contribution in [0.3, 0.4) is 0 Å². The van der Waals surface area contributed by atoms with Gasteiger partial charge in [-0.2, -0.15) is 0 Å². The molecule has 1 amide bonds. The summed E-state index contributed by atoms with van der Waals surface area (Å²) in [5, 5.41) is 6.27. The maximum atomic E-state index is 13.9. The highest BCUT2D eigenvalue weighted by Crippen LogP contribution is 2.37. The van der Waals surface area contributed by atoms with Crippen LogP contribution in [0.25, 0.3) is 11.1 Å². The molecule has 1 aromatic heterocycles. The molecule has 1 aliphatic rings. The highest BCUT2D eigenvalue weighted by atomic mass is 35.5. The highest BCUT2D eigenvalue weighted by Gasteiger charge is 2.21. The molecular weight excluding hydrogens is 454 g/mol. The van der Waals surface area contributed by atoms with E-state index < -0.39 is 11.9 Å². The molecule has 2 heterocycles. The molecule has 6 nitrogen and oxygen atoms in total. The third-order valence-electron chi connectivity index (χ3n) is 5.27. The van der Waals surface area contributed by atoms with Gasteiger partial charge in [0.15, 0.2) is 11.6 Å². The van der Waals surface area contributed by atoms with E-state index in [9.17, 15) is 9.18 Å². The van der Waals surface area contributed by atoms with Crippen LogP contribution in [-0.2, 0) is 0 Å². The van der Waals surface area contributed by atoms with Crippen molar-refractivity contribution in [1.82, 2.24) is 15.6 Å². The predicted molar refractivity (Wildman–Crippen MR) is 124 cm³/mol. The molecule has 2 aromatic carbocycles. The number of hydrogen-bond donors (Lipinski definition) is 3. The van der Waals surface area contributed by atoms with Crippen LogP contribution < -0.4 is 21.1 Å². The van der Waals surface area contributed by atoms with Crippen molar-refractivity contribution in [2.24, 2.45) is 0 Å². The molecule has 0 bridgehead atoms. The second-order valence-corrected chi connectivity index (χ2v) is 8.32. The predicted octanol–water partition coefficient (Wildman–Crippen LogP) is 4.62. The molecule has 0 radical (unpaired) electrons. The molecule has 0 saturated carbocycles.